The third kappa shape index (κ3) is 3.69. The van der Waals surface area contributed by atoms with Gasteiger partial charge in [0.1, 0.15) is 18.5 Å². The van der Waals surface area contributed by atoms with E-state index in [2.05, 4.69) is 54.1 Å². The molecule has 0 aliphatic carbocycles. The van der Waals surface area contributed by atoms with E-state index >= 15 is 0 Å². The number of nitrogens with one attached hydrogen (secondary N) is 1. The van der Waals surface area contributed by atoms with Gasteiger partial charge in [-0.15, -0.1) is 0 Å². The van der Waals surface area contributed by atoms with E-state index < -0.39 is 6.04 Å². The first kappa shape index (κ1) is 21.9. The minimum absolute atomic E-state index is 0.115. The van der Waals surface area contributed by atoms with E-state index in [4.69, 9.17) is 0 Å². The average Bonchev–Trinajstić information content (AvgIpc) is 3.14. The molecule has 4 unspecified atom stereocenters. The highest BCUT2D eigenvalue weighted by atomic mass is 16.2. The number of benzene rings is 2. The second-order valence-electron chi connectivity index (χ2n) is 9.97. The molecule has 174 valence electrons. The Bertz CT molecular complexity index is 1080. The number of nitrogens with zero attached hydrogens (tertiary/aromatic N) is 4. The first-order chi connectivity index (χ1) is 15.7. The van der Waals surface area contributed by atoms with Crippen LogP contribution in [0.3, 0.4) is 0 Å². The van der Waals surface area contributed by atoms with Crippen LogP contribution in [0.2, 0.25) is 0 Å². The zero-order valence-corrected chi connectivity index (χ0v) is 20.1. The van der Waals surface area contributed by atoms with E-state index in [1.165, 1.54) is 16.0 Å². The topological polar surface area (TPSA) is 59.1 Å². The molecule has 0 aromatic heterocycles. The molecule has 7 heteroatoms. The van der Waals surface area contributed by atoms with Crippen LogP contribution in [0.15, 0.2) is 42.5 Å². The van der Waals surface area contributed by atoms with Gasteiger partial charge in [-0.25, -0.2) is 4.79 Å². The van der Waals surface area contributed by atoms with Crippen LogP contribution in [0.5, 0.6) is 0 Å². The molecular formula is C26H33N5O2. The van der Waals surface area contributed by atoms with Crippen LogP contribution < -0.4 is 10.2 Å². The summed E-state index contributed by atoms with van der Waals surface area (Å²) >= 11 is 0. The number of anilines is 1. The summed E-state index contributed by atoms with van der Waals surface area (Å²) in [7, 11) is 1.80. The van der Waals surface area contributed by atoms with Crippen molar-refractivity contribution < 1.29 is 9.59 Å². The Morgan fingerprint density at radius 2 is 1.70 bits per heavy atom. The lowest BCUT2D eigenvalue weighted by Crippen LogP contribution is -2.66. The van der Waals surface area contributed by atoms with Crippen molar-refractivity contribution in [2.75, 3.05) is 25.0 Å². The van der Waals surface area contributed by atoms with Crippen molar-refractivity contribution in [1.29, 1.82) is 0 Å². The van der Waals surface area contributed by atoms with Crippen LogP contribution >= 0.6 is 0 Å². The number of aryl methyl sites for hydroxylation is 3. The maximum Gasteiger partial charge on any atom is 0.328 e. The van der Waals surface area contributed by atoms with Gasteiger partial charge in [-0.2, -0.15) is 0 Å². The predicted molar refractivity (Wildman–Crippen MR) is 129 cm³/mol. The van der Waals surface area contributed by atoms with E-state index in [9.17, 15) is 9.59 Å². The van der Waals surface area contributed by atoms with Crippen molar-refractivity contribution in [3.05, 3.63) is 64.7 Å². The number of carbonyl (C=O) groups is 2. The van der Waals surface area contributed by atoms with Crippen molar-refractivity contribution in [2.45, 2.75) is 52.7 Å². The summed E-state index contributed by atoms with van der Waals surface area (Å²) in [5, 5.41) is 3.62. The van der Waals surface area contributed by atoms with Crippen molar-refractivity contribution in [3.63, 3.8) is 0 Å². The summed E-state index contributed by atoms with van der Waals surface area (Å²) in [4.78, 5) is 34.8. The lowest BCUT2D eigenvalue weighted by molar-refractivity contribution is -0.139. The summed E-state index contributed by atoms with van der Waals surface area (Å²) in [6, 6.07) is 13.9. The molecule has 3 aliphatic rings. The van der Waals surface area contributed by atoms with E-state index in [1.807, 2.05) is 31.2 Å². The van der Waals surface area contributed by atoms with Crippen LogP contribution in [-0.4, -0.2) is 65.3 Å². The number of urea groups is 1. The quantitative estimate of drug-likeness (QED) is 0.784. The number of fused-ring (bicyclic) bond motifs is 3. The van der Waals surface area contributed by atoms with Gasteiger partial charge in [0.25, 0.3) is 5.91 Å². The highest BCUT2D eigenvalue weighted by Crippen LogP contribution is 2.35. The first-order valence-corrected chi connectivity index (χ1v) is 11.7. The predicted octanol–water partition coefficient (Wildman–Crippen LogP) is 3.05. The monoisotopic (exact) mass is 447 g/mol. The molecule has 7 nitrogen and oxygen atoms in total. The van der Waals surface area contributed by atoms with Crippen molar-refractivity contribution in [1.82, 2.24) is 20.0 Å². The molecule has 0 saturated carbocycles. The molecular weight excluding hydrogens is 414 g/mol. The highest BCUT2D eigenvalue weighted by Gasteiger charge is 2.56. The zero-order valence-electron chi connectivity index (χ0n) is 20.1. The maximum absolute atomic E-state index is 13.8. The Kier molecular flexibility index (Phi) is 5.41. The molecule has 0 spiro atoms. The molecule has 3 heterocycles. The summed E-state index contributed by atoms with van der Waals surface area (Å²) in [5.41, 5.74) is 5.67. The summed E-state index contributed by atoms with van der Waals surface area (Å²) in [5.74, 6) is 0.277. The number of carbonyl (C=O) groups excluding carboxylic acids is 2. The van der Waals surface area contributed by atoms with Gasteiger partial charge in [0.2, 0.25) is 0 Å². The molecule has 33 heavy (non-hydrogen) atoms. The Morgan fingerprint density at radius 1 is 1.00 bits per heavy atom. The number of amides is 3. The lowest BCUT2D eigenvalue weighted by Gasteiger charge is -2.46. The zero-order chi connectivity index (χ0) is 23.4. The Morgan fingerprint density at radius 3 is 2.39 bits per heavy atom. The first-order valence-electron chi connectivity index (χ1n) is 11.7. The van der Waals surface area contributed by atoms with Crippen molar-refractivity contribution in [3.8, 4) is 0 Å². The average molecular weight is 448 g/mol. The summed E-state index contributed by atoms with van der Waals surface area (Å²) < 4.78 is 0. The maximum atomic E-state index is 13.8. The van der Waals surface area contributed by atoms with Crippen molar-refractivity contribution >= 4 is 17.6 Å². The molecule has 0 radical (unpaired) electrons. The summed E-state index contributed by atoms with van der Waals surface area (Å²) in [6.07, 6.45) is -0.475. The van der Waals surface area contributed by atoms with Gasteiger partial charge >= 0.3 is 6.03 Å². The van der Waals surface area contributed by atoms with Gasteiger partial charge in [-0.05, 0) is 61.1 Å². The number of hydrogen-bond acceptors (Lipinski definition) is 5. The van der Waals surface area contributed by atoms with E-state index in [1.54, 1.807) is 11.9 Å². The van der Waals surface area contributed by atoms with Gasteiger partial charge in [0.05, 0.1) is 6.54 Å². The molecule has 2 aromatic rings. The standard InChI is InChI=1S/C26H33N5O2/c1-16-10-17(2)12-21(11-16)29-13-18(3)14-30-22-23(27-25(29)30)28(5)26(33)31(24(22)32)15-20-9-7-6-8-19(20)4/h6-12,18,22-23,25,27H,13-15H2,1-5H3. The fourth-order valence-electron chi connectivity index (χ4n) is 5.64. The van der Waals surface area contributed by atoms with Gasteiger partial charge in [-0.3, -0.25) is 19.9 Å². The Balaban J connectivity index is 1.48. The molecule has 0 bridgehead atoms. The van der Waals surface area contributed by atoms with E-state index in [0.29, 0.717) is 12.5 Å². The number of hydrogen-bond donors (Lipinski definition) is 1. The lowest BCUT2D eigenvalue weighted by atomic mass is 10.0. The van der Waals surface area contributed by atoms with Gasteiger partial charge in [-0.1, -0.05) is 37.3 Å². The van der Waals surface area contributed by atoms with Crippen LogP contribution in [-0.2, 0) is 11.3 Å². The van der Waals surface area contributed by atoms with Crippen molar-refractivity contribution in [2.24, 2.45) is 5.92 Å². The fraction of sp³-hybridized carbons (Fsp3) is 0.462. The fourth-order valence-corrected chi connectivity index (χ4v) is 5.64. The van der Waals surface area contributed by atoms with E-state index in [-0.39, 0.29) is 24.4 Å². The van der Waals surface area contributed by atoms with Gasteiger partial charge in [0, 0.05) is 25.8 Å². The second kappa shape index (κ2) is 8.15. The van der Waals surface area contributed by atoms with Crippen LogP contribution in [0.1, 0.15) is 29.2 Å². The normalized spacial score (nSPS) is 27.7. The molecule has 5 rings (SSSR count). The third-order valence-electron chi connectivity index (χ3n) is 7.21. The van der Waals surface area contributed by atoms with E-state index in [0.717, 1.165) is 29.9 Å². The van der Waals surface area contributed by atoms with Gasteiger partial charge < -0.3 is 9.80 Å². The minimum atomic E-state index is -0.405. The third-order valence-corrected chi connectivity index (χ3v) is 7.21. The molecule has 1 N–H and O–H groups in total. The molecule has 3 aliphatic heterocycles. The molecule has 4 atom stereocenters. The number of likely N-dealkylation sites (N-methyl/N-ethyl adjacent to an activating group) is 1. The SMILES string of the molecule is Cc1cc(C)cc(N2CC(C)CN3C4C(=O)N(Cc5ccccc5C)C(=O)N(C)C4NC23)c1. The second-order valence-corrected chi connectivity index (χ2v) is 9.97. The largest absolute Gasteiger partial charge is 0.343 e. The van der Waals surface area contributed by atoms with Gasteiger partial charge in [0.15, 0.2) is 0 Å². The van der Waals surface area contributed by atoms with Crippen LogP contribution in [0, 0.1) is 26.7 Å². The van der Waals surface area contributed by atoms with Crippen LogP contribution in [0.4, 0.5) is 10.5 Å². The molecule has 3 fully saturated rings. The van der Waals surface area contributed by atoms with Crippen LogP contribution in [0.25, 0.3) is 0 Å². The minimum Gasteiger partial charge on any atom is -0.343 e. The Hall–Kier alpha value is -2.90. The number of rotatable bonds is 3. The smallest absolute Gasteiger partial charge is 0.328 e. The number of imide groups is 1. The highest BCUT2D eigenvalue weighted by molar-refractivity contribution is 6.00. The molecule has 3 amide bonds. The molecule has 3 saturated heterocycles. The summed E-state index contributed by atoms with van der Waals surface area (Å²) in [6.45, 7) is 10.5. The molecule has 2 aromatic carbocycles. The Labute approximate surface area is 195 Å².